The molecule has 0 aliphatic carbocycles. The molecule has 0 aromatic heterocycles. The van der Waals surface area contributed by atoms with Gasteiger partial charge in [0.05, 0.1) is 18.8 Å². The highest BCUT2D eigenvalue weighted by Crippen LogP contribution is 1.94. The van der Waals surface area contributed by atoms with Gasteiger partial charge in [-0.3, -0.25) is 9.69 Å². The number of nitrogens with zero attached hydrogens (tertiary/aromatic N) is 1. The van der Waals surface area contributed by atoms with Crippen molar-refractivity contribution >= 4 is 15.8 Å². The van der Waals surface area contributed by atoms with E-state index in [2.05, 4.69) is 5.92 Å². The highest BCUT2D eigenvalue weighted by atomic mass is 32.2. The van der Waals surface area contributed by atoms with E-state index < -0.39 is 15.8 Å². The molecule has 0 aromatic rings. The maximum absolute atomic E-state index is 10.8. The molecule has 0 spiro atoms. The van der Waals surface area contributed by atoms with Gasteiger partial charge in [0.1, 0.15) is 9.84 Å². The zero-order valence-electron chi connectivity index (χ0n) is 8.64. The standard InChI is InChI=1S/C9H15NO4S/c1-3-5-10(8-9(11)12)6-4-7-15(2,13)14/h1H,4-8H2,2H3,(H,11,12). The molecular weight excluding hydrogens is 218 g/mol. The van der Waals surface area contributed by atoms with Gasteiger partial charge in [0.2, 0.25) is 0 Å². The molecule has 0 aliphatic rings. The van der Waals surface area contributed by atoms with Crippen LogP contribution in [0.3, 0.4) is 0 Å². The summed E-state index contributed by atoms with van der Waals surface area (Å²) in [5, 5.41) is 8.54. The molecule has 0 amide bonds. The first kappa shape index (κ1) is 13.9. The van der Waals surface area contributed by atoms with Crippen molar-refractivity contribution in [2.75, 3.05) is 31.6 Å². The van der Waals surface area contributed by atoms with Crippen molar-refractivity contribution in [1.29, 1.82) is 0 Å². The summed E-state index contributed by atoms with van der Waals surface area (Å²) in [6, 6.07) is 0. The summed E-state index contributed by atoms with van der Waals surface area (Å²) in [4.78, 5) is 11.9. The fraction of sp³-hybridized carbons (Fsp3) is 0.667. The number of carboxylic acids is 1. The summed E-state index contributed by atoms with van der Waals surface area (Å²) in [6.45, 7) is 0.438. The Balaban J connectivity index is 3.97. The van der Waals surface area contributed by atoms with Gasteiger partial charge in [-0.25, -0.2) is 8.42 Å². The van der Waals surface area contributed by atoms with E-state index in [0.29, 0.717) is 13.0 Å². The van der Waals surface area contributed by atoms with Gasteiger partial charge in [-0.1, -0.05) is 5.92 Å². The van der Waals surface area contributed by atoms with E-state index in [1.807, 2.05) is 0 Å². The fourth-order valence-corrected chi connectivity index (χ4v) is 1.74. The van der Waals surface area contributed by atoms with Gasteiger partial charge in [0.15, 0.2) is 0 Å². The minimum absolute atomic E-state index is 0.0493. The molecule has 0 atom stereocenters. The van der Waals surface area contributed by atoms with Crippen LogP contribution in [0.4, 0.5) is 0 Å². The molecule has 1 N–H and O–H groups in total. The summed E-state index contributed by atoms with van der Waals surface area (Å²) in [7, 11) is -2.99. The van der Waals surface area contributed by atoms with Gasteiger partial charge in [-0.15, -0.1) is 6.42 Å². The molecule has 15 heavy (non-hydrogen) atoms. The van der Waals surface area contributed by atoms with Crippen LogP contribution in [0.5, 0.6) is 0 Å². The molecule has 0 unspecified atom stereocenters. The normalized spacial score (nSPS) is 11.3. The third-order valence-corrected chi connectivity index (χ3v) is 2.69. The van der Waals surface area contributed by atoms with Gasteiger partial charge in [-0.2, -0.15) is 0 Å². The summed E-state index contributed by atoms with van der Waals surface area (Å²) in [5.74, 6) is 1.42. The van der Waals surface area contributed by atoms with Crippen LogP contribution in [0.25, 0.3) is 0 Å². The zero-order valence-corrected chi connectivity index (χ0v) is 9.46. The minimum atomic E-state index is -2.99. The monoisotopic (exact) mass is 233 g/mol. The number of terminal acetylenes is 1. The van der Waals surface area contributed by atoms with E-state index in [1.165, 1.54) is 4.90 Å². The van der Waals surface area contributed by atoms with E-state index >= 15 is 0 Å². The molecule has 6 heteroatoms. The highest BCUT2D eigenvalue weighted by molar-refractivity contribution is 7.90. The smallest absolute Gasteiger partial charge is 0.317 e. The molecule has 0 aromatic carbocycles. The van der Waals surface area contributed by atoms with Gasteiger partial charge in [0, 0.05) is 12.8 Å². The Bertz CT molecular complexity index is 342. The summed E-state index contributed by atoms with van der Waals surface area (Å²) in [6.07, 6.45) is 6.60. The predicted octanol–water partition coefficient (Wildman–Crippen LogP) is -0.559. The van der Waals surface area contributed by atoms with Crippen LogP contribution >= 0.6 is 0 Å². The second-order valence-electron chi connectivity index (χ2n) is 3.29. The van der Waals surface area contributed by atoms with Crippen molar-refractivity contribution in [1.82, 2.24) is 4.90 Å². The Morgan fingerprint density at radius 3 is 2.53 bits per heavy atom. The lowest BCUT2D eigenvalue weighted by atomic mass is 10.4. The van der Waals surface area contributed by atoms with Crippen molar-refractivity contribution in [3.05, 3.63) is 0 Å². The number of hydrogen-bond donors (Lipinski definition) is 1. The molecule has 0 saturated heterocycles. The van der Waals surface area contributed by atoms with E-state index in [-0.39, 0.29) is 18.8 Å². The lowest BCUT2D eigenvalue weighted by Crippen LogP contribution is -2.31. The Morgan fingerprint density at radius 1 is 1.53 bits per heavy atom. The molecule has 0 heterocycles. The Kier molecular flexibility index (Phi) is 5.97. The molecule has 0 aliphatic heterocycles. The third-order valence-electron chi connectivity index (χ3n) is 1.66. The molecule has 5 nitrogen and oxygen atoms in total. The first-order valence-electron chi connectivity index (χ1n) is 4.40. The predicted molar refractivity (Wildman–Crippen MR) is 57.2 cm³/mol. The Morgan fingerprint density at radius 2 is 2.13 bits per heavy atom. The molecule has 0 bridgehead atoms. The van der Waals surface area contributed by atoms with Crippen LogP contribution in [0, 0.1) is 12.3 Å². The maximum atomic E-state index is 10.8. The van der Waals surface area contributed by atoms with Crippen LogP contribution in [0.2, 0.25) is 0 Å². The van der Waals surface area contributed by atoms with Crippen LogP contribution in [-0.2, 0) is 14.6 Å². The van der Waals surface area contributed by atoms with Gasteiger partial charge < -0.3 is 5.11 Å². The minimum Gasteiger partial charge on any atom is -0.480 e. The van der Waals surface area contributed by atoms with E-state index in [1.54, 1.807) is 0 Å². The van der Waals surface area contributed by atoms with Gasteiger partial charge in [0.25, 0.3) is 0 Å². The molecule has 0 fully saturated rings. The van der Waals surface area contributed by atoms with Crippen LogP contribution in [0.1, 0.15) is 6.42 Å². The largest absolute Gasteiger partial charge is 0.480 e. The number of sulfone groups is 1. The molecule has 0 rings (SSSR count). The topological polar surface area (TPSA) is 74.7 Å². The fourth-order valence-electron chi connectivity index (χ4n) is 1.08. The summed E-state index contributed by atoms with van der Waals surface area (Å²) < 4.78 is 21.6. The lowest BCUT2D eigenvalue weighted by Gasteiger charge is -2.16. The maximum Gasteiger partial charge on any atom is 0.317 e. The SMILES string of the molecule is C#CCN(CCCS(C)(=O)=O)CC(=O)O. The number of carboxylic acid groups (broad SMARTS) is 1. The van der Waals surface area contributed by atoms with Crippen LogP contribution < -0.4 is 0 Å². The zero-order chi connectivity index (χ0) is 11.9. The molecule has 0 radical (unpaired) electrons. The number of hydrogen-bond acceptors (Lipinski definition) is 4. The summed E-state index contributed by atoms with van der Waals surface area (Å²) in [5.41, 5.74) is 0. The second-order valence-corrected chi connectivity index (χ2v) is 5.55. The Hall–Kier alpha value is -1.06. The van der Waals surface area contributed by atoms with Crippen molar-refractivity contribution in [2.24, 2.45) is 0 Å². The van der Waals surface area contributed by atoms with E-state index in [4.69, 9.17) is 11.5 Å². The Labute approximate surface area is 90.0 Å². The lowest BCUT2D eigenvalue weighted by molar-refractivity contribution is -0.138. The quantitative estimate of drug-likeness (QED) is 0.597. The number of rotatable bonds is 7. The van der Waals surface area contributed by atoms with Crippen molar-refractivity contribution in [2.45, 2.75) is 6.42 Å². The molecular formula is C9H15NO4S. The second kappa shape index (κ2) is 6.43. The number of carbonyl (C=O) groups is 1. The van der Waals surface area contributed by atoms with Crippen molar-refractivity contribution in [3.8, 4) is 12.3 Å². The van der Waals surface area contributed by atoms with E-state index in [0.717, 1.165) is 6.26 Å². The molecule has 86 valence electrons. The highest BCUT2D eigenvalue weighted by Gasteiger charge is 2.09. The van der Waals surface area contributed by atoms with E-state index in [9.17, 15) is 13.2 Å². The van der Waals surface area contributed by atoms with Crippen molar-refractivity contribution < 1.29 is 18.3 Å². The van der Waals surface area contributed by atoms with Crippen LogP contribution in [-0.4, -0.2) is 56.0 Å². The average Bonchev–Trinajstić information content (AvgIpc) is 2.00. The average molecular weight is 233 g/mol. The van der Waals surface area contributed by atoms with Gasteiger partial charge >= 0.3 is 5.97 Å². The third kappa shape index (κ3) is 9.25. The van der Waals surface area contributed by atoms with Crippen molar-refractivity contribution in [3.63, 3.8) is 0 Å². The summed E-state index contributed by atoms with van der Waals surface area (Å²) >= 11 is 0. The first-order chi connectivity index (χ1) is 6.85. The van der Waals surface area contributed by atoms with Gasteiger partial charge in [-0.05, 0) is 6.42 Å². The first-order valence-corrected chi connectivity index (χ1v) is 6.46. The molecule has 0 saturated carbocycles. The number of aliphatic carboxylic acids is 1. The van der Waals surface area contributed by atoms with Crippen LogP contribution in [0.15, 0.2) is 0 Å².